The third-order valence-electron chi connectivity index (χ3n) is 6.74. The minimum Gasteiger partial charge on any atom is -0.494 e. The van der Waals surface area contributed by atoms with Crippen molar-refractivity contribution in [2.75, 3.05) is 6.61 Å². The van der Waals surface area contributed by atoms with E-state index in [0.717, 1.165) is 54.7 Å². The van der Waals surface area contributed by atoms with E-state index in [1.54, 1.807) is 0 Å². The molecule has 172 valence electrons. The molecule has 1 saturated carbocycles. The molecule has 0 aliphatic heterocycles. The molecule has 0 saturated heterocycles. The summed E-state index contributed by atoms with van der Waals surface area (Å²) in [5, 5.41) is 0. The van der Waals surface area contributed by atoms with Crippen LogP contribution in [-0.2, 0) is 16.0 Å². The molecule has 1 fully saturated rings. The number of rotatable bonds is 12. The van der Waals surface area contributed by atoms with Crippen LogP contribution in [0.1, 0.15) is 77.2 Å². The number of hydrogen-bond acceptors (Lipinski definition) is 3. The van der Waals surface area contributed by atoms with Crippen molar-refractivity contribution in [1.29, 1.82) is 0 Å². The Labute approximate surface area is 193 Å². The largest absolute Gasteiger partial charge is 0.494 e. The number of ketones is 2. The highest BCUT2D eigenvalue weighted by Crippen LogP contribution is 2.30. The van der Waals surface area contributed by atoms with Crippen molar-refractivity contribution in [3.63, 3.8) is 0 Å². The van der Waals surface area contributed by atoms with Gasteiger partial charge in [0.25, 0.3) is 0 Å². The first-order valence-electron chi connectivity index (χ1n) is 12.5. The average molecular weight is 435 g/mol. The molecule has 1 aliphatic carbocycles. The maximum absolute atomic E-state index is 12.7. The van der Waals surface area contributed by atoms with Crippen LogP contribution in [-0.4, -0.2) is 18.2 Å². The predicted molar refractivity (Wildman–Crippen MR) is 131 cm³/mol. The number of hydrogen-bond donors (Lipinski definition) is 0. The summed E-state index contributed by atoms with van der Waals surface area (Å²) in [6.07, 6.45) is 9.86. The number of Topliss-reactive ketones (excluding diaryl/α,β-unsaturated/α-hetero) is 2. The molecule has 3 heteroatoms. The van der Waals surface area contributed by atoms with Crippen molar-refractivity contribution < 1.29 is 14.3 Å². The molecule has 0 aromatic heterocycles. The van der Waals surface area contributed by atoms with Gasteiger partial charge in [-0.15, -0.1) is 0 Å². The lowest BCUT2D eigenvalue weighted by atomic mass is 9.77. The van der Waals surface area contributed by atoms with Crippen molar-refractivity contribution in [3.05, 3.63) is 54.1 Å². The number of benzene rings is 2. The van der Waals surface area contributed by atoms with Gasteiger partial charge in [-0.1, -0.05) is 82.3 Å². The monoisotopic (exact) mass is 434 g/mol. The Bertz CT molecular complexity index is 851. The minimum absolute atomic E-state index is 0.0773. The molecule has 32 heavy (non-hydrogen) atoms. The van der Waals surface area contributed by atoms with Crippen LogP contribution in [0.15, 0.2) is 48.5 Å². The molecule has 0 bridgehead atoms. The fraction of sp³-hybridized carbons (Fsp3) is 0.517. The van der Waals surface area contributed by atoms with Crippen molar-refractivity contribution in [2.24, 2.45) is 11.8 Å². The molecular weight excluding hydrogens is 396 g/mol. The SMILES string of the molecule is CCCCCCCOc1ccc(-c2ccc(CC(=O)C3CCC(CC)CC3=O)cc2)cc1. The Hall–Kier alpha value is -2.42. The lowest BCUT2D eigenvalue weighted by Gasteiger charge is -2.25. The molecule has 2 unspecified atom stereocenters. The topological polar surface area (TPSA) is 43.4 Å². The van der Waals surface area contributed by atoms with Crippen LogP contribution in [0, 0.1) is 11.8 Å². The number of ether oxygens (including phenoxy) is 1. The summed E-state index contributed by atoms with van der Waals surface area (Å²) in [6.45, 7) is 5.12. The standard InChI is InChI=1S/C29H38O3/c1-3-5-6-7-8-19-32-26-16-14-25(15-17-26)24-12-9-23(10-13-24)21-29(31)27-18-11-22(4-2)20-28(27)30/h9-10,12-17,22,27H,3-8,11,18-21H2,1-2H3. The molecule has 0 spiro atoms. The smallest absolute Gasteiger partial charge is 0.147 e. The van der Waals surface area contributed by atoms with Gasteiger partial charge in [0.2, 0.25) is 0 Å². The Morgan fingerprint density at radius 1 is 0.875 bits per heavy atom. The van der Waals surface area contributed by atoms with E-state index < -0.39 is 5.92 Å². The number of carbonyl (C=O) groups is 2. The van der Waals surface area contributed by atoms with E-state index in [0.29, 0.717) is 18.8 Å². The predicted octanol–water partition coefficient (Wildman–Crippen LogP) is 7.21. The quantitative estimate of drug-likeness (QED) is 0.262. The first-order chi connectivity index (χ1) is 15.6. The van der Waals surface area contributed by atoms with Gasteiger partial charge in [-0.2, -0.15) is 0 Å². The second kappa shape index (κ2) is 12.6. The van der Waals surface area contributed by atoms with Gasteiger partial charge in [0.1, 0.15) is 17.3 Å². The third-order valence-corrected chi connectivity index (χ3v) is 6.74. The van der Waals surface area contributed by atoms with E-state index in [1.165, 1.54) is 25.7 Å². The molecule has 0 radical (unpaired) electrons. The zero-order valence-electron chi connectivity index (χ0n) is 19.8. The maximum atomic E-state index is 12.7. The fourth-order valence-electron chi connectivity index (χ4n) is 4.56. The zero-order valence-corrected chi connectivity index (χ0v) is 19.8. The summed E-state index contributed by atoms with van der Waals surface area (Å²) in [4.78, 5) is 25.0. The van der Waals surface area contributed by atoms with E-state index in [9.17, 15) is 9.59 Å². The lowest BCUT2D eigenvalue weighted by molar-refractivity contribution is -0.135. The van der Waals surface area contributed by atoms with E-state index in [2.05, 4.69) is 38.1 Å². The van der Waals surface area contributed by atoms with E-state index in [1.807, 2.05) is 24.3 Å². The lowest BCUT2D eigenvalue weighted by Crippen LogP contribution is -2.31. The summed E-state index contributed by atoms with van der Waals surface area (Å²) in [7, 11) is 0. The minimum atomic E-state index is -0.392. The number of unbranched alkanes of at least 4 members (excludes halogenated alkanes) is 4. The van der Waals surface area contributed by atoms with Crippen LogP contribution in [0.2, 0.25) is 0 Å². The van der Waals surface area contributed by atoms with Crippen molar-refractivity contribution in [2.45, 2.75) is 78.1 Å². The maximum Gasteiger partial charge on any atom is 0.147 e. The van der Waals surface area contributed by atoms with Crippen molar-refractivity contribution >= 4 is 11.6 Å². The summed E-state index contributed by atoms with van der Waals surface area (Å²) in [5.41, 5.74) is 3.23. The molecule has 3 rings (SSSR count). The molecule has 0 N–H and O–H groups in total. The van der Waals surface area contributed by atoms with Crippen molar-refractivity contribution in [1.82, 2.24) is 0 Å². The fourth-order valence-corrected chi connectivity index (χ4v) is 4.56. The van der Waals surface area contributed by atoms with Gasteiger partial charge < -0.3 is 4.74 Å². The second-order valence-electron chi connectivity index (χ2n) is 9.20. The molecule has 0 amide bonds. The van der Waals surface area contributed by atoms with Crippen molar-refractivity contribution in [3.8, 4) is 16.9 Å². The van der Waals surface area contributed by atoms with E-state index >= 15 is 0 Å². The summed E-state index contributed by atoms with van der Waals surface area (Å²) in [5.74, 6) is 1.21. The molecular formula is C29H38O3. The van der Waals surface area contributed by atoms with Crippen LogP contribution >= 0.6 is 0 Å². The Morgan fingerprint density at radius 3 is 2.16 bits per heavy atom. The Balaban J connectivity index is 1.48. The van der Waals surface area contributed by atoms with Gasteiger partial charge in [-0.3, -0.25) is 9.59 Å². The van der Waals surface area contributed by atoms with Crippen LogP contribution in [0.4, 0.5) is 0 Å². The highest BCUT2D eigenvalue weighted by Gasteiger charge is 2.32. The van der Waals surface area contributed by atoms with Crippen LogP contribution in [0.5, 0.6) is 5.75 Å². The highest BCUT2D eigenvalue weighted by atomic mass is 16.5. The first-order valence-corrected chi connectivity index (χ1v) is 12.5. The summed E-state index contributed by atoms with van der Waals surface area (Å²) >= 11 is 0. The van der Waals surface area contributed by atoms with Crippen LogP contribution in [0.25, 0.3) is 11.1 Å². The first kappa shape index (κ1) is 24.2. The van der Waals surface area contributed by atoms with Crippen LogP contribution < -0.4 is 4.74 Å². The number of carbonyl (C=O) groups excluding carboxylic acids is 2. The Kier molecular flexibility index (Phi) is 9.52. The normalized spacial score (nSPS) is 18.5. The second-order valence-corrected chi connectivity index (χ2v) is 9.20. The van der Waals surface area contributed by atoms with Gasteiger partial charge >= 0.3 is 0 Å². The third kappa shape index (κ3) is 7.05. The Morgan fingerprint density at radius 2 is 1.53 bits per heavy atom. The summed E-state index contributed by atoms with van der Waals surface area (Å²) in [6, 6.07) is 16.3. The van der Waals surface area contributed by atoms with Gasteiger partial charge in [0.05, 0.1) is 12.5 Å². The molecule has 2 aromatic rings. The van der Waals surface area contributed by atoms with Gasteiger partial charge in [-0.05, 0) is 54.0 Å². The molecule has 2 atom stereocenters. The molecule has 2 aromatic carbocycles. The van der Waals surface area contributed by atoms with Gasteiger partial charge in [-0.25, -0.2) is 0 Å². The molecule has 3 nitrogen and oxygen atoms in total. The van der Waals surface area contributed by atoms with E-state index in [-0.39, 0.29) is 11.6 Å². The average Bonchev–Trinajstić information content (AvgIpc) is 2.82. The highest BCUT2D eigenvalue weighted by molar-refractivity contribution is 6.03. The van der Waals surface area contributed by atoms with Crippen LogP contribution in [0.3, 0.4) is 0 Å². The van der Waals surface area contributed by atoms with Gasteiger partial charge in [0.15, 0.2) is 0 Å². The molecule has 1 aliphatic rings. The van der Waals surface area contributed by atoms with Gasteiger partial charge in [0, 0.05) is 12.8 Å². The van der Waals surface area contributed by atoms with E-state index in [4.69, 9.17) is 4.74 Å². The summed E-state index contributed by atoms with van der Waals surface area (Å²) < 4.78 is 5.85. The molecule has 0 heterocycles. The zero-order chi connectivity index (χ0) is 22.8.